The summed E-state index contributed by atoms with van der Waals surface area (Å²) in [6, 6.07) is 3.82. The summed E-state index contributed by atoms with van der Waals surface area (Å²) in [4.78, 5) is 29.5. The minimum atomic E-state index is 0.140. The van der Waals surface area contributed by atoms with Crippen LogP contribution >= 0.6 is 22.7 Å². The predicted molar refractivity (Wildman–Crippen MR) is 114 cm³/mol. The number of nitrogen functional groups attached to an aromatic ring is 1. The quantitative estimate of drug-likeness (QED) is 0.714. The Kier molecular flexibility index (Phi) is 4.78. The van der Waals surface area contributed by atoms with Gasteiger partial charge in [-0.1, -0.05) is 6.07 Å². The fourth-order valence-electron chi connectivity index (χ4n) is 4.17. The molecule has 1 saturated heterocycles. The van der Waals surface area contributed by atoms with Gasteiger partial charge in [0.05, 0.1) is 16.8 Å². The van der Waals surface area contributed by atoms with Crippen LogP contribution in [0.1, 0.15) is 38.8 Å². The van der Waals surface area contributed by atoms with E-state index in [0.29, 0.717) is 12.4 Å². The molecule has 28 heavy (non-hydrogen) atoms. The summed E-state index contributed by atoms with van der Waals surface area (Å²) in [6.07, 6.45) is 4.73. The van der Waals surface area contributed by atoms with Gasteiger partial charge in [-0.05, 0) is 42.7 Å². The van der Waals surface area contributed by atoms with Gasteiger partial charge in [0.15, 0.2) is 0 Å². The van der Waals surface area contributed by atoms with Crippen molar-refractivity contribution >= 4 is 44.6 Å². The number of thiophene rings is 2. The number of hydrogen-bond donors (Lipinski definition) is 1. The summed E-state index contributed by atoms with van der Waals surface area (Å²) < 4.78 is 0. The molecule has 3 aromatic heterocycles. The van der Waals surface area contributed by atoms with Gasteiger partial charge in [0.1, 0.15) is 16.5 Å². The number of carbonyl (C=O) groups is 1. The Morgan fingerprint density at radius 3 is 2.75 bits per heavy atom. The topological polar surface area (TPSA) is 75.3 Å². The lowest BCUT2D eigenvalue weighted by Crippen LogP contribution is -2.48. The molecule has 146 valence electrons. The number of nitrogens with zero attached hydrogens (tertiary/aromatic N) is 4. The molecule has 0 atom stereocenters. The molecule has 1 amide bonds. The van der Waals surface area contributed by atoms with E-state index in [4.69, 9.17) is 10.7 Å². The molecule has 2 aliphatic rings. The first-order valence-electron chi connectivity index (χ1n) is 9.81. The SMILES string of the molecule is Nc1nc(CN2CCN(C(=O)c3cccs3)CC2)nc2sc3c(c12)CCCC3. The smallest absolute Gasteiger partial charge is 0.264 e. The molecule has 0 saturated carbocycles. The molecule has 5 rings (SSSR count). The van der Waals surface area contributed by atoms with Crippen molar-refractivity contribution in [2.75, 3.05) is 31.9 Å². The number of fused-ring (bicyclic) bond motifs is 3. The van der Waals surface area contributed by atoms with Crippen LogP contribution in [-0.2, 0) is 19.4 Å². The molecule has 0 aromatic carbocycles. The summed E-state index contributed by atoms with van der Waals surface area (Å²) in [7, 11) is 0. The molecule has 3 aromatic rings. The third kappa shape index (κ3) is 3.29. The number of rotatable bonds is 3. The highest BCUT2D eigenvalue weighted by Crippen LogP contribution is 2.37. The highest BCUT2D eigenvalue weighted by Gasteiger charge is 2.24. The fraction of sp³-hybridized carbons (Fsp3) is 0.450. The highest BCUT2D eigenvalue weighted by atomic mass is 32.1. The van der Waals surface area contributed by atoms with Gasteiger partial charge < -0.3 is 10.6 Å². The van der Waals surface area contributed by atoms with E-state index in [2.05, 4.69) is 9.88 Å². The van der Waals surface area contributed by atoms with Crippen LogP contribution in [0.5, 0.6) is 0 Å². The van der Waals surface area contributed by atoms with E-state index in [-0.39, 0.29) is 5.91 Å². The van der Waals surface area contributed by atoms with Crippen molar-refractivity contribution in [3.05, 3.63) is 38.7 Å². The number of anilines is 1. The van der Waals surface area contributed by atoms with E-state index in [1.54, 1.807) is 11.3 Å². The molecule has 8 heteroatoms. The van der Waals surface area contributed by atoms with Crippen molar-refractivity contribution in [2.24, 2.45) is 0 Å². The molecule has 6 nitrogen and oxygen atoms in total. The second kappa shape index (κ2) is 7.42. The average molecular weight is 414 g/mol. The van der Waals surface area contributed by atoms with Gasteiger partial charge in [0.25, 0.3) is 5.91 Å². The number of carbonyl (C=O) groups excluding carboxylic acids is 1. The number of hydrogen-bond acceptors (Lipinski definition) is 7. The molecule has 0 radical (unpaired) electrons. The largest absolute Gasteiger partial charge is 0.383 e. The Hall–Kier alpha value is -2.03. The molecule has 2 N–H and O–H groups in total. The first kappa shape index (κ1) is 18.0. The van der Waals surface area contributed by atoms with Gasteiger partial charge in [-0.25, -0.2) is 9.97 Å². The molecular formula is C20H23N5OS2. The molecule has 4 heterocycles. The lowest BCUT2D eigenvalue weighted by atomic mass is 9.97. The van der Waals surface area contributed by atoms with E-state index in [9.17, 15) is 4.79 Å². The molecule has 1 aliphatic heterocycles. The summed E-state index contributed by atoms with van der Waals surface area (Å²) in [5.74, 6) is 1.56. The minimum absolute atomic E-state index is 0.140. The molecule has 1 aliphatic carbocycles. The lowest BCUT2D eigenvalue weighted by Gasteiger charge is -2.34. The van der Waals surface area contributed by atoms with Gasteiger partial charge >= 0.3 is 0 Å². The normalized spacial score (nSPS) is 17.8. The van der Waals surface area contributed by atoms with E-state index < -0.39 is 0 Å². The number of piperazine rings is 1. The fourth-order valence-corrected chi connectivity index (χ4v) is 6.15. The summed E-state index contributed by atoms with van der Waals surface area (Å²) in [5.41, 5.74) is 7.72. The van der Waals surface area contributed by atoms with Gasteiger partial charge in [0.2, 0.25) is 0 Å². The third-order valence-electron chi connectivity index (χ3n) is 5.65. The Morgan fingerprint density at radius 1 is 1.14 bits per heavy atom. The van der Waals surface area contributed by atoms with Crippen LogP contribution in [0, 0.1) is 0 Å². The Balaban J connectivity index is 1.28. The van der Waals surface area contributed by atoms with E-state index >= 15 is 0 Å². The van der Waals surface area contributed by atoms with E-state index in [0.717, 1.165) is 59.9 Å². The second-order valence-electron chi connectivity index (χ2n) is 7.46. The van der Waals surface area contributed by atoms with Crippen molar-refractivity contribution in [3.8, 4) is 0 Å². The molecular weight excluding hydrogens is 390 g/mol. The molecule has 0 spiro atoms. The van der Waals surface area contributed by atoms with Gasteiger partial charge in [-0.2, -0.15) is 0 Å². The number of aryl methyl sites for hydroxylation is 2. The second-order valence-corrected chi connectivity index (χ2v) is 9.49. The Labute approximate surface area is 172 Å². The molecule has 0 bridgehead atoms. The first-order chi connectivity index (χ1) is 13.7. The lowest BCUT2D eigenvalue weighted by molar-refractivity contribution is 0.0630. The summed E-state index contributed by atoms with van der Waals surface area (Å²) in [6.45, 7) is 3.83. The van der Waals surface area contributed by atoms with Crippen LogP contribution in [-0.4, -0.2) is 51.9 Å². The van der Waals surface area contributed by atoms with Crippen LogP contribution in [0.25, 0.3) is 10.2 Å². The van der Waals surface area contributed by atoms with Crippen LogP contribution in [0.4, 0.5) is 5.82 Å². The van der Waals surface area contributed by atoms with E-state index in [1.807, 2.05) is 22.4 Å². The Morgan fingerprint density at radius 2 is 1.96 bits per heavy atom. The molecule has 1 fully saturated rings. The predicted octanol–water partition coefficient (Wildman–Crippen LogP) is 3.17. The maximum atomic E-state index is 12.5. The molecule has 0 unspecified atom stereocenters. The van der Waals surface area contributed by atoms with Crippen LogP contribution in [0.2, 0.25) is 0 Å². The van der Waals surface area contributed by atoms with Gasteiger partial charge in [0, 0.05) is 31.1 Å². The van der Waals surface area contributed by atoms with Crippen molar-refractivity contribution in [2.45, 2.75) is 32.2 Å². The van der Waals surface area contributed by atoms with Gasteiger partial charge in [-0.3, -0.25) is 9.69 Å². The average Bonchev–Trinajstić information content (AvgIpc) is 3.36. The van der Waals surface area contributed by atoms with Crippen molar-refractivity contribution in [3.63, 3.8) is 0 Å². The van der Waals surface area contributed by atoms with Crippen molar-refractivity contribution in [1.82, 2.24) is 19.8 Å². The highest BCUT2D eigenvalue weighted by molar-refractivity contribution is 7.19. The maximum absolute atomic E-state index is 12.5. The standard InChI is InChI=1S/C20H23N5OS2/c21-18-17-13-4-1-2-5-14(13)28-19(17)23-16(22-18)12-24-7-9-25(10-8-24)20(26)15-6-3-11-27-15/h3,6,11H,1-2,4-5,7-10,12H2,(H2,21,22,23). The van der Waals surface area contributed by atoms with Crippen LogP contribution < -0.4 is 5.73 Å². The van der Waals surface area contributed by atoms with E-state index in [1.165, 1.54) is 34.6 Å². The number of amides is 1. The Bertz CT molecular complexity index is 1010. The number of aromatic nitrogens is 2. The summed E-state index contributed by atoms with van der Waals surface area (Å²) in [5, 5.41) is 3.04. The zero-order valence-electron chi connectivity index (χ0n) is 15.7. The zero-order valence-corrected chi connectivity index (χ0v) is 17.3. The first-order valence-corrected chi connectivity index (χ1v) is 11.5. The van der Waals surface area contributed by atoms with Gasteiger partial charge in [-0.15, -0.1) is 22.7 Å². The monoisotopic (exact) mass is 413 g/mol. The third-order valence-corrected chi connectivity index (χ3v) is 7.69. The zero-order chi connectivity index (χ0) is 19.1. The van der Waals surface area contributed by atoms with Crippen molar-refractivity contribution in [1.29, 1.82) is 0 Å². The van der Waals surface area contributed by atoms with Crippen molar-refractivity contribution < 1.29 is 4.79 Å². The summed E-state index contributed by atoms with van der Waals surface area (Å²) >= 11 is 3.30. The minimum Gasteiger partial charge on any atom is -0.383 e. The number of nitrogens with two attached hydrogens (primary N) is 1. The van der Waals surface area contributed by atoms with Crippen LogP contribution in [0.15, 0.2) is 17.5 Å². The van der Waals surface area contributed by atoms with Crippen LogP contribution in [0.3, 0.4) is 0 Å². The maximum Gasteiger partial charge on any atom is 0.264 e.